The van der Waals surface area contributed by atoms with Crippen LogP contribution in [0, 0.1) is 11.8 Å². The van der Waals surface area contributed by atoms with Crippen LogP contribution >= 0.6 is 0 Å². The molecule has 10 heteroatoms. The summed E-state index contributed by atoms with van der Waals surface area (Å²) in [5, 5.41) is 14.4. The quantitative estimate of drug-likeness (QED) is 0.345. The molecule has 2 aliphatic heterocycles. The van der Waals surface area contributed by atoms with Gasteiger partial charge in [0, 0.05) is 70.8 Å². The molecule has 6 atom stereocenters. The summed E-state index contributed by atoms with van der Waals surface area (Å²) < 4.78 is 17.6. The lowest BCUT2D eigenvalue weighted by molar-refractivity contribution is -0.138. The van der Waals surface area contributed by atoms with Crippen molar-refractivity contribution >= 4 is 5.91 Å². The Bertz CT molecular complexity index is 756. The van der Waals surface area contributed by atoms with Gasteiger partial charge in [-0.15, -0.1) is 0 Å². The average molecular weight is 538 g/mol. The van der Waals surface area contributed by atoms with Crippen molar-refractivity contribution in [1.29, 1.82) is 0 Å². The fourth-order valence-electron chi connectivity index (χ4n) is 7.09. The summed E-state index contributed by atoms with van der Waals surface area (Å²) in [6.45, 7) is 8.89. The molecule has 218 valence electrons. The molecule has 6 unspecified atom stereocenters. The molecule has 3 aliphatic carbocycles. The van der Waals surface area contributed by atoms with Gasteiger partial charge < -0.3 is 30.4 Å². The van der Waals surface area contributed by atoms with Gasteiger partial charge in [0.05, 0.1) is 37.7 Å². The van der Waals surface area contributed by atoms with E-state index in [1.165, 1.54) is 0 Å². The van der Waals surface area contributed by atoms with Gasteiger partial charge in [-0.3, -0.25) is 19.5 Å². The first-order valence-electron chi connectivity index (χ1n) is 15.2. The highest BCUT2D eigenvalue weighted by atomic mass is 16.5. The van der Waals surface area contributed by atoms with Gasteiger partial charge in [0.25, 0.3) is 0 Å². The lowest BCUT2D eigenvalue weighted by Crippen LogP contribution is -2.58. The third kappa shape index (κ3) is 7.26. The average Bonchev–Trinajstić information content (AvgIpc) is 3.69. The largest absolute Gasteiger partial charge is 0.379 e. The zero-order valence-electron chi connectivity index (χ0n) is 23.4. The van der Waals surface area contributed by atoms with Crippen LogP contribution in [0.5, 0.6) is 0 Å². The molecule has 0 spiro atoms. The highest BCUT2D eigenvalue weighted by Crippen LogP contribution is 2.37. The Morgan fingerprint density at radius 1 is 1.05 bits per heavy atom. The number of rotatable bonds is 10. The molecule has 2 heterocycles. The third-order valence-corrected chi connectivity index (χ3v) is 9.79. The van der Waals surface area contributed by atoms with Gasteiger partial charge in [-0.2, -0.15) is 0 Å². The number of methoxy groups -OCH3 is 1. The predicted molar refractivity (Wildman–Crippen MR) is 144 cm³/mol. The molecule has 0 bridgehead atoms. The first-order valence-corrected chi connectivity index (χ1v) is 15.2. The molecule has 5 fully saturated rings. The number of hydrogen-bond acceptors (Lipinski definition) is 9. The summed E-state index contributed by atoms with van der Waals surface area (Å²) in [6, 6.07) is 0.492. The summed E-state index contributed by atoms with van der Waals surface area (Å²) in [5.41, 5.74) is 5.66. The molecular weight excluding hydrogens is 486 g/mol. The molecule has 0 radical (unpaired) electrons. The predicted octanol–water partition coefficient (Wildman–Crippen LogP) is 0.579. The van der Waals surface area contributed by atoms with Crippen molar-refractivity contribution < 1.29 is 24.1 Å². The number of piperazine rings is 1. The Morgan fingerprint density at radius 2 is 1.79 bits per heavy atom. The van der Waals surface area contributed by atoms with Gasteiger partial charge in [-0.05, 0) is 44.9 Å². The van der Waals surface area contributed by atoms with Gasteiger partial charge in [0.1, 0.15) is 6.23 Å². The Kier molecular flexibility index (Phi) is 9.97. The molecule has 0 aromatic carbocycles. The first-order chi connectivity index (χ1) is 18.5. The van der Waals surface area contributed by atoms with Gasteiger partial charge in [-0.1, -0.05) is 12.8 Å². The van der Waals surface area contributed by atoms with Gasteiger partial charge in [-0.25, -0.2) is 0 Å². The molecule has 10 nitrogen and oxygen atoms in total. The van der Waals surface area contributed by atoms with E-state index in [2.05, 4.69) is 20.0 Å². The topological polar surface area (TPSA) is 113 Å². The number of carbonyl (C=O) groups is 1. The number of hydrogen-bond donors (Lipinski definition) is 3. The minimum absolute atomic E-state index is 0.0134. The van der Waals surface area contributed by atoms with E-state index in [1.807, 2.05) is 7.11 Å². The minimum atomic E-state index is -0.566. The Balaban J connectivity index is 1.06. The van der Waals surface area contributed by atoms with Crippen LogP contribution in [-0.4, -0.2) is 129 Å². The molecule has 1 amide bonds. The smallest absolute Gasteiger partial charge is 0.224 e. The van der Waals surface area contributed by atoms with E-state index in [-0.39, 0.29) is 30.0 Å². The van der Waals surface area contributed by atoms with E-state index in [0.717, 1.165) is 123 Å². The molecule has 5 aliphatic rings. The number of amides is 1. The molecular formula is C28H51N5O5. The molecule has 0 aromatic heterocycles. The number of nitrogens with zero attached hydrogens (tertiary/aromatic N) is 3. The summed E-state index contributed by atoms with van der Waals surface area (Å²) in [4.78, 5) is 20.2. The molecule has 38 heavy (non-hydrogen) atoms. The molecule has 0 aromatic rings. The van der Waals surface area contributed by atoms with Crippen LogP contribution in [0.3, 0.4) is 0 Å². The highest BCUT2D eigenvalue weighted by molar-refractivity contribution is 5.80. The summed E-state index contributed by atoms with van der Waals surface area (Å²) in [5.74, 6) is -0.110. The SMILES string of the molecule is COC1CC(N2CCN(C(O)C3CCCCC3C(=O)NC3(N)CC3)CC2)CCC1OCCN1CCOCC1. The van der Waals surface area contributed by atoms with Crippen LogP contribution in [0.1, 0.15) is 57.8 Å². The molecule has 5 rings (SSSR count). The second-order valence-electron chi connectivity index (χ2n) is 12.3. The Morgan fingerprint density at radius 3 is 2.50 bits per heavy atom. The van der Waals surface area contributed by atoms with Gasteiger partial charge >= 0.3 is 0 Å². The third-order valence-electron chi connectivity index (χ3n) is 9.79. The molecule has 2 saturated heterocycles. The van der Waals surface area contributed by atoms with Crippen LogP contribution < -0.4 is 11.1 Å². The number of aliphatic hydroxyl groups is 1. The monoisotopic (exact) mass is 537 g/mol. The fraction of sp³-hybridized carbons (Fsp3) is 0.964. The van der Waals surface area contributed by atoms with Crippen LogP contribution in [0.25, 0.3) is 0 Å². The second kappa shape index (κ2) is 13.2. The van der Waals surface area contributed by atoms with E-state index in [4.69, 9.17) is 19.9 Å². The van der Waals surface area contributed by atoms with E-state index in [9.17, 15) is 9.90 Å². The Hall–Kier alpha value is -0.850. The van der Waals surface area contributed by atoms with Crippen molar-refractivity contribution in [3.8, 4) is 0 Å². The van der Waals surface area contributed by atoms with Gasteiger partial charge in [0.2, 0.25) is 5.91 Å². The molecule has 3 saturated carbocycles. The van der Waals surface area contributed by atoms with Crippen LogP contribution in [0.4, 0.5) is 0 Å². The second-order valence-corrected chi connectivity index (χ2v) is 12.3. The highest BCUT2D eigenvalue weighted by Gasteiger charge is 2.45. The minimum Gasteiger partial charge on any atom is -0.379 e. The maximum absolute atomic E-state index is 13.0. The van der Waals surface area contributed by atoms with Crippen LogP contribution in [0.2, 0.25) is 0 Å². The Labute approximate surface area is 228 Å². The van der Waals surface area contributed by atoms with Crippen molar-refractivity contribution in [2.75, 3.05) is 72.7 Å². The summed E-state index contributed by atoms with van der Waals surface area (Å²) in [7, 11) is 1.81. The number of carbonyl (C=O) groups excluding carboxylic acids is 1. The maximum atomic E-state index is 13.0. The van der Waals surface area contributed by atoms with Crippen molar-refractivity contribution in [3.63, 3.8) is 0 Å². The maximum Gasteiger partial charge on any atom is 0.224 e. The van der Waals surface area contributed by atoms with Crippen molar-refractivity contribution in [2.24, 2.45) is 17.6 Å². The van der Waals surface area contributed by atoms with Crippen molar-refractivity contribution in [1.82, 2.24) is 20.0 Å². The first kappa shape index (κ1) is 28.7. The number of aliphatic hydroxyl groups excluding tert-OH is 1. The zero-order chi connectivity index (χ0) is 26.5. The summed E-state index contributed by atoms with van der Waals surface area (Å²) >= 11 is 0. The van der Waals surface area contributed by atoms with Crippen molar-refractivity contribution in [2.45, 2.75) is 87.9 Å². The van der Waals surface area contributed by atoms with Crippen LogP contribution in [0.15, 0.2) is 0 Å². The van der Waals surface area contributed by atoms with E-state index in [1.54, 1.807) is 0 Å². The molecule has 4 N–H and O–H groups in total. The fourth-order valence-corrected chi connectivity index (χ4v) is 7.09. The van der Waals surface area contributed by atoms with Gasteiger partial charge in [0.15, 0.2) is 0 Å². The summed E-state index contributed by atoms with van der Waals surface area (Å²) in [6.07, 6.45) is 8.45. The van der Waals surface area contributed by atoms with E-state index < -0.39 is 11.9 Å². The lowest BCUT2D eigenvalue weighted by Gasteiger charge is -2.46. The van der Waals surface area contributed by atoms with Crippen LogP contribution in [-0.2, 0) is 19.0 Å². The number of nitrogens with one attached hydrogen (secondary N) is 1. The lowest BCUT2D eigenvalue weighted by atomic mass is 9.77. The number of morpholine rings is 1. The number of ether oxygens (including phenoxy) is 3. The number of nitrogens with two attached hydrogens (primary N) is 1. The standard InChI is InChI=1S/C28H51N5O5/c1-36-25-20-21(6-7-24(25)38-19-16-31-14-17-37-18-15-31)32-10-12-33(13-11-32)27(35)23-5-3-2-4-22(23)26(34)30-28(29)8-9-28/h21-25,27,35H,2-20,29H2,1H3,(H,30,34). The van der Waals surface area contributed by atoms with E-state index >= 15 is 0 Å². The zero-order valence-corrected chi connectivity index (χ0v) is 23.4. The van der Waals surface area contributed by atoms with E-state index in [0.29, 0.717) is 6.04 Å². The van der Waals surface area contributed by atoms with Crippen molar-refractivity contribution in [3.05, 3.63) is 0 Å². The normalized spacial score (nSPS) is 36.0.